The molecule has 3 rings (SSSR count). The first-order valence-corrected chi connectivity index (χ1v) is 8.26. The van der Waals surface area contributed by atoms with Crippen LogP contribution in [-0.2, 0) is 0 Å². The van der Waals surface area contributed by atoms with Gasteiger partial charge in [-0.2, -0.15) is 4.37 Å². The number of nitrogens with one attached hydrogen (secondary N) is 1. The molecular weight excluding hydrogens is 284 g/mol. The predicted octanol–water partition coefficient (Wildman–Crippen LogP) is 3.13. The minimum Gasteiger partial charge on any atom is -0.387 e. The number of nitrogens with zero attached hydrogens (tertiary/aromatic N) is 3. The van der Waals surface area contributed by atoms with E-state index in [9.17, 15) is 5.11 Å². The van der Waals surface area contributed by atoms with Gasteiger partial charge in [-0.3, -0.25) is 4.98 Å². The van der Waals surface area contributed by atoms with Gasteiger partial charge in [0.05, 0.1) is 6.10 Å². The summed E-state index contributed by atoms with van der Waals surface area (Å²) in [4.78, 5) is 8.58. The van der Waals surface area contributed by atoms with Crippen molar-refractivity contribution in [3.63, 3.8) is 0 Å². The second-order valence-electron chi connectivity index (χ2n) is 5.48. The van der Waals surface area contributed by atoms with Gasteiger partial charge < -0.3 is 10.4 Å². The molecule has 5 nitrogen and oxygen atoms in total. The smallest absolute Gasteiger partial charge is 0.202 e. The molecule has 1 fully saturated rings. The summed E-state index contributed by atoms with van der Waals surface area (Å²) in [5.74, 6) is 1.49. The van der Waals surface area contributed by atoms with E-state index in [4.69, 9.17) is 0 Å². The van der Waals surface area contributed by atoms with Gasteiger partial charge in [-0.1, -0.05) is 25.3 Å². The van der Waals surface area contributed by atoms with Crippen LogP contribution >= 0.6 is 11.5 Å². The summed E-state index contributed by atoms with van der Waals surface area (Å²) in [7, 11) is 0. The molecule has 6 heteroatoms. The van der Waals surface area contributed by atoms with Crippen molar-refractivity contribution >= 4 is 16.7 Å². The summed E-state index contributed by atoms with van der Waals surface area (Å²) in [6.45, 7) is 0.422. The van der Waals surface area contributed by atoms with Gasteiger partial charge >= 0.3 is 0 Å². The Labute approximate surface area is 128 Å². The van der Waals surface area contributed by atoms with Crippen LogP contribution < -0.4 is 5.32 Å². The van der Waals surface area contributed by atoms with E-state index in [2.05, 4.69) is 19.7 Å². The standard InChI is InChI=1S/C15H20N4OS/c20-13(12-7-4-8-16-9-12)10-17-15-18-14(19-21-15)11-5-2-1-3-6-11/h4,7-9,11,13,20H,1-3,5-6,10H2,(H,17,18,19). The van der Waals surface area contributed by atoms with Crippen molar-refractivity contribution < 1.29 is 5.11 Å². The van der Waals surface area contributed by atoms with Gasteiger partial charge in [-0.15, -0.1) is 0 Å². The van der Waals surface area contributed by atoms with Gasteiger partial charge in [-0.25, -0.2) is 4.98 Å². The summed E-state index contributed by atoms with van der Waals surface area (Å²) in [5.41, 5.74) is 0.807. The van der Waals surface area contributed by atoms with E-state index in [0.717, 1.165) is 16.5 Å². The fourth-order valence-corrected chi connectivity index (χ4v) is 3.36. The highest BCUT2D eigenvalue weighted by atomic mass is 32.1. The van der Waals surface area contributed by atoms with Gasteiger partial charge in [0.2, 0.25) is 5.13 Å². The molecule has 0 bridgehead atoms. The summed E-state index contributed by atoms with van der Waals surface area (Å²) >= 11 is 1.38. The number of aliphatic hydroxyl groups is 1. The molecule has 0 spiro atoms. The maximum atomic E-state index is 10.1. The van der Waals surface area contributed by atoms with Crippen molar-refractivity contribution in [2.45, 2.75) is 44.1 Å². The van der Waals surface area contributed by atoms with Gasteiger partial charge in [-0.05, 0) is 18.9 Å². The maximum Gasteiger partial charge on any atom is 0.202 e. The number of hydrogen-bond donors (Lipinski definition) is 2. The Morgan fingerprint density at radius 3 is 2.95 bits per heavy atom. The van der Waals surface area contributed by atoms with Crippen LogP contribution in [0.5, 0.6) is 0 Å². The molecule has 2 aromatic heterocycles. The van der Waals surface area contributed by atoms with Crippen LogP contribution in [0.15, 0.2) is 24.5 Å². The fourth-order valence-electron chi connectivity index (χ4n) is 2.71. The predicted molar refractivity (Wildman–Crippen MR) is 83.4 cm³/mol. The Bertz CT molecular complexity index is 554. The maximum absolute atomic E-state index is 10.1. The van der Waals surface area contributed by atoms with E-state index in [1.807, 2.05) is 12.1 Å². The van der Waals surface area contributed by atoms with Crippen LogP contribution in [0.4, 0.5) is 5.13 Å². The quantitative estimate of drug-likeness (QED) is 0.888. The molecule has 21 heavy (non-hydrogen) atoms. The number of aromatic nitrogens is 3. The number of pyridine rings is 1. The largest absolute Gasteiger partial charge is 0.387 e. The SMILES string of the molecule is OC(CNc1nc(C2CCCCC2)ns1)c1cccnc1. The Hall–Kier alpha value is -1.53. The van der Waals surface area contributed by atoms with Crippen molar-refractivity contribution in [3.8, 4) is 0 Å². The molecule has 1 saturated carbocycles. The highest BCUT2D eigenvalue weighted by molar-refractivity contribution is 7.09. The van der Waals surface area contributed by atoms with Gasteiger partial charge in [0, 0.05) is 42.0 Å². The van der Waals surface area contributed by atoms with Crippen LogP contribution in [0.3, 0.4) is 0 Å². The number of aliphatic hydroxyl groups excluding tert-OH is 1. The molecular formula is C15H20N4OS. The minimum absolute atomic E-state index is 0.422. The molecule has 1 unspecified atom stereocenters. The third-order valence-corrected chi connectivity index (χ3v) is 4.61. The van der Waals surface area contributed by atoms with E-state index >= 15 is 0 Å². The first-order valence-electron chi connectivity index (χ1n) is 7.48. The molecule has 0 aliphatic heterocycles. The Balaban J connectivity index is 1.55. The number of rotatable bonds is 5. The van der Waals surface area contributed by atoms with Crippen LogP contribution in [-0.4, -0.2) is 26.0 Å². The van der Waals surface area contributed by atoms with Crippen LogP contribution in [0, 0.1) is 0 Å². The van der Waals surface area contributed by atoms with Crippen molar-refractivity contribution in [3.05, 3.63) is 35.9 Å². The van der Waals surface area contributed by atoms with Gasteiger partial charge in [0.1, 0.15) is 5.82 Å². The lowest BCUT2D eigenvalue weighted by molar-refractivity contribution is 0.191. The van der Waals surface area contributed by atoms with Crippen molar-refractivity contribution in [2.75, 3.05) is 11.9 Å². The molecule has 1 aliphatic rings. The van der Waals surface area contributed by atoms with Gasteiger partial charge in [0.25, 0.3) is 0 Å². The van der Waals surface area contributed by atoms with E-state index in [-0.39, 0.29) is 0 Å². The van der Waals surface area contributed by atoms with E-state index in [0.29, 0.717) is 12.5 Å². The molecule has 0 amide bonds. The average Bonchev–Trinajstić information content (AvgIpc) is 3.03. The van der Waals surface area contributed by atoms with Crippen LogP contribution in [0.2, 0.25) is 0 Å². The zero-order valence-corrected chi connectivity index (χ0v) is 12.7. The first-order chi connectivity index (χ1) is 10.3. The molecule has 0 aromatic carbocycles. The fraction of sp³-hybridized carbons (Fsp3) is 0.533. The lowest BCUT2D eigenvalue weighted by Gasteiger charge is -2.18. The number of hydrogen-bond acceptors (Lipinski definition) is 6. The van der Waals surface area contributed by atoms with E-state index < -0.39 is 6.10 Å². The third-order valence-electron chi connectivity index (χ3n) is 3.93. The summed E-state index contributed by atoms with van der Waals surface area (Å²) in [5, 5.41) is 14.1. The van der Waals surface area contributed by atoms with E-state index in [1.165, 1.54) is 43.6 Å². The van der Waals surface area contributed by atoms with E-state index in [1.54, 1.807) is 12.4 Å². The molecule has 112 valence electrons. The first kappa shape index (κ1) is 14.4. The highest BCUT2D eigenvalue weighted by Gasteiger charge is 2.20. The highest BCUT2D eigenvalue weighted by Crippen LogP contribution is 2.32. The summed E-state index contributed by atoms with van der Waals surface area (Å²) in [6, 6.07) is 3.69. The third kappa shape index (κ3) is 3.77. The second kappa shape index (κ2) is 6.95. The zero-order chi connectivity index (χ0) is 14.5. The van der Waals surface area contributed by atoms with Crippen molar-refractivity contribution in [2.24, 2.45) is 0 Å². The lowest BCUT2D eigenvalue weighted by atomic mass is 9.89. The molecule has 2 N–H and O–H groups in total. The second-order valence-corrected chi connectivity index (χ2v) is 6.23. The normalized spacial score (nSPS) is 17.6. The molecule has 0 radical (unpaired) electrons. The summed E-state index contributed by atoms with van der Waals surface area (Å²) in [6.07, 6.45) is 9.11. The topological polar surface area (TPSA) is 70.9 Å². The lowest BCUT2D eigenvalue weighted by Crippen LogP contribution is -2.12. The molecule has 2 heterocycles. The Kier molecular flexibility index (Phi) is 4.77. The Morgan fingerprint density at radius 1 is 1.33 bits per heavy atom. The molecule has 2 aromatic rings. The zero-order valence-electron chi connectivity index (χ0n) is 11.9. The Morgan fingerprint density at radius 2 is 2.19 bits per heavy atom. The van der Waals surface area contributed by atoms with Crippen molar-refractivity contribution in [1.82, 2.24) is 14.3 Å². The number of anilines is 1. The monoisotopic (exact) mass is 304 g/mol. The van der Waals surface area contributed by atoms with Crippen LogP contribution in [0.1, 0.15) is 55.5 Å². The van der Waals surface area contributed by atoms with Crippen LogP contribution in [0.25, 0.3) is 0 Å². The minimum atomic E-state index is -0.583. The summed E-state index contributed by atoms with van der Waals surface area (Å²) < 4.78 is 4.46. The molecule has 1 aliphatic carbocycles. The average molecular weight is 304 g/mol. The van der Waals surface area contributed by atoms with Gasteiger partial charge in [0.15, 0.2) is 0 Å². The van der Waals surface area contributed by atoms with Crippen molar-refractivity contribution in [1.29, 1.82) is 0 Å². The molecule has 0 saturated heterocycles. The molecule has 1 atom stereocenters.